The Labute approximate surface area is 182 Å². The number of fused-ring (bicyclic) bond motifs is 1. The highest BCUT2D eigenvalue weighted by Gasteiger charge is 2.41. The van der Waals surface area contributed by atoms with Crippen LogP contribution in [0.5, 0.6) is 5.75 Å². The minimum absolute atomic E-state index is 0.0189. The molecule has 0 saturated carbocycles. The number of amides is 3. The summed E-state index contributed by atoms with van der Waals surface area (Å²) >= 11 is 0. The third kappa shape index (κ3) is 4.55. The molecule has 0 spiro atoms. The molecule has 1 atom stereocenters. The molecule has 3 amide bonds. The number of carbonyl (C=O) groups excluding carboxylic acids is 3. The van der Waals surface area contributed by atoms with E-state index in [1.54, 1.807) is 21.9 Å². The Morgan fingerprint density at radius 2 is 1.90 bits per heavy atom. The molecule has 0 radical (unpaired) electrons. The Hall–Kier alpha value is -3.35. The Balaban J connectivity index is 1.35. The number of nitrogens with zero attached hydrogens (tertiary/aromatic N) is 2. The molecule has 0 bridgehead atoms. The van der Waals surface area contributed by atoms with E-state index in [9.17, 15) is 14.4 Å². The van der Waals surface area contributed by atoms with Crippen molar-refractivity contribution in [1.82, 2.24) is 15.1 Å². The molecular weight excluding hydrogens is 394 g/mol. The third-order valence-corrected chi connectivity index (χ3v) is 5.80. The Kier molecular flexibility index (Phi) is 6.21. The summed E-state index contributed by atoms with van der Waals surface area (Å²) in [4.78, 5) is 40.8. The second-order valence-corrected chi connectivity index (χ2v) is 7.86. The Morgan fingerprint density at radius 3 is 2.68 bits per heavy atom. The molecule has 2 aliphatic heterocycles. The van der Waals surface area contributed by atoms with Crippen molar-refractivity contribution in [3.63, 3.8) is 0 Å². The summed E-state index contributed by atoms with van der Waals surface area (Å²) in [7, 11) is 0. The second-order valence-electron chi connectivity index (χ2n) is 7.86. The fourth-order valence-electron chi connectivity index (χ4n) is 4.20. The lowest BCUT2D eigenvalue weighted by Crippen LogP contribution is -2.56. The highest BCUT2D eigenvalue weighted by Crippen LogP contribution is 2.25. The van der Waals surface area contributed by atoms with E-state index in [0.717, 1.165) is 29.7 Å². The average molecular weight is 421 g/mol. The number of piperazine rings is 1. The zero-order valence-corrected chi connectivity index (χ0v) is 17.7. The predicted octanol–water partition coefficient (Wildman–Crippen LogP) is 2.35. The fraction of sp³-hybridized carbons (Fsp3) is 0.375. The number of ether oxygens (including phenoxy) is 1. The lowest BCUT2D eigenvalue weighted by molar-refractivity contribution is -0.154. The van der Waals surface area contributed by atoms with Crippen molar-refractivity contribution >= 4 is 17.7 Å². The molecule has 4 rings (SSSR count). The first-order valence-corrected chi connectivity index (χ1v) is 10.7. The first-order valence-electron chi connectivity index (χ1n) is 10.7. The molecule has 2 saturated heterocycles. The number of hydrogen-bond donors (Lipinski definition) is 1. The number of rotatable bonds is 7. The van der Waals surface area contributed by atoms with Crippen LogP contribution in [-0.2, 0) is 22.7 Å². The average Bonchev–Trinajstić information content (AvgIpc) is 3.28. The molecule has 31 heavy (non-hydrogen) atoms. The number of benzene rings is 2. The smallest absolute Gasteiger partial charge is 0.251 e. The fourth-order valence-corrected chi connectivity index (χ4v) is 4.20. The highest BCUT2D eigenvalue weighted by molar-refractivity contribution is 5.95. The molecule has 7 heteroatoms. The molecule has 0 aliphatic carbocycles. The quantitative estimate of drug-likeness (QED) is 0.744. The minimum Gasteiger partial charge on any atom is -0.494 e. The van der Waals surface area contributed by atoms with Crippen LogP contribution in [0.25, 0.3) is 0 Å². The van der Waals surface area contributed by atoms with E-state index in [0.29, 0.717) is 31.8 Å². The van der Waals surface area contributed by atoms with E-state index in [1.165, 1.54) is 0 Å². The van der Waals surface area contributed by atoms with Crippen molar-refractivity contribution in [3.8, 4) is 5.75 Å². The van der Waals surface area contributed by atoms with Crippen LogP contribution in [0, 0.1) is 0 Å². The van der Waals surface area contributed by atoms with Crippen LogP contribution < -0.4 is 10.1 Å². The zero-order valence-electron chi connectivity index (χ0n) is 17.7. The van der Waals surface area contributed by atoms with Crippen LogP contribution >= 0.6 is 0 Å². The molecule has 2 aliphatic rings. The summed E-state index contributed by atoms with van der Waals surface area (Å²) in [5, 5.41) is 2.92. The van der Waals surface area contributed by atoms with Gasteiger partial charge in [-0.05, 0) is 43.5 Å². The van der Waals surface area contributed by atoms with Gasteiger partial charge in [-0.2, -0.15) is 0 Å². The minimum atomic E-state index is -0.300. The van der Waals surface area contributed by atoms with Crippen molar-refractivity contribution in [2.24, 2.45) is 0 Å². The van der Waals surface area contributed by atoms with Gasteiger partial charge in [0, 0.05) is 30.8 Å². The molecule has 1 N–H and O–H groups in total. The summed E-state index contributed by atoms with van der Waals surface area (Å²) in [6.45, 7) is 4.04. The monoisotopic (exact) mass is 421 g/mol. The van der Waals surface area contributed by atoms with Crippen molar-refractivity contribution < 1.29 is 19.1 Å². The van der Waals surface area contributed by atoms with E-state index in [2.05, 4.69) is 5.32 Å². The van der Waals surface area contributed by atoms with Gasteiger partial charge in [0.1, 0.15) is 18.3 Å². The summed E-state index contributed by atoms with van der Waals surface area (Å²) in [5.41, 5.74) is 2.36. The molecule has 2 heterocycles. The topological polar surface area (TPSA) is 79.0 Å². The first-order chi connectivity index (χ1) is 15.1. The molecule has 2 aromatic rings. The molecular formula is C24H27N3O4. The van der Waals surface area contributed by atoms with Crippen LogP contribution in [-0.4, -0.2) is 53.3 Å². The van der Waals surface area contributed by atoms with Gasteiger partial charge in [0.2, 0.25) is 11.8 Å². The van der Waals surface area contributed by atoms with E-state index < -0.39 is 0 Å². The third-order valence-electron chi connectivity index (χ3n) is 5.80. The van der Waals surface area contributed by atoms with Gasteiger partial charge in [0.25, 0.3) is 5.91 Å². The summed E-state index contributed by atoms with van der Waals surface area (Å²) in [6, 6.07) is 14.5. The highest BCUT2D eigenvalue weighted by atomic mass is 16.5. The molecule has 162 valence electrons. The molecule has 0 aromatic heterocycles. The number of para-hydroxylation sites is 1. The lowest BCUT2D eigenvalue weighted by atomic mass is 10.1. The van der Waals surface area contributed by atoms with Gasteiger partial charge >= 0.3 is 0 Å². The van der Waals surface area contributed by atoms with E-state index >= 15 is 0 Å². The van der Waals surface area contributed by atoms with Crippen molar-refractivity contribution in [1.29, 1.82) is 0 Å². The van der Waals surface area contributed by atoms with Crippen molar-refractivity contribution in [3.05, 3.63) is 65.2 Å². The van der Waals surface area contributed by atoms with Gasteiger partial charge in [-0.3, -0.25) is 14.4 Å². The SMILES string of the molecule is CCOc1ccccc1CNC(=O)c1ccc(CN2CC(=O)N3CCCC3C2=O)cc1. The first kappa shape index (κ1) is 20.9. The standard InChI is InChI=1S/C24H27N3O4/c1-2-31-21-8-4-3-6-19(21)14-25-23(29)18-11-9-17(10-12-18)15-26-16-22(28)27-13-5-7-20(27)24(26)30/h3-4,6,8-12,20H,2,5,7,13-16H2,1H3,(H,25,29). The largest absolute Gasteiger partial charge is 0.494 e. The van der Waals surface area contributed by atoms with Gasteiger partial charge in [0.05, 0.1) is 6.61 Å². The lowest BCUT2D eigenvalue weighted by Gasteiger charge is -2.36. The van der Waals surface area contributed by atoms with Gasteiger partial charge in [-0.15, -0.1) is 0 Å². The van der Waals surface area contributed by atoms with E-state index in [1.807, 2.05) is 43.3 Å². The van der Waals surface area contributed by atoms with Crippen LogP contribution in [0.1, 0.15) is 41.3 Å². The Morgan fingerprint density at radius 1 is 1.13 bits per heavy atom. The summed E-state index contributed by atoms with van der Waals surface area (Å²) < 4.78 is 5.59. The van der Waals surface area contributed by atoms with Crippen molar-refractivity contribution in [2.45, 2.75) is 38.9 Å². The van der Waals surface area contributed by atoms with Gasteiger partial charge in [0.15, 0.2) is 0 Å². The normalized spacial score (nSPS) is 18.2. The number of carbonyl (C=O) groups is 3. The van der Waals surface area contributed by atoms with Crippen LogP contribution in [0.2, 0.25) is 0 Å². The van der Waals surface area contributed by atoms with E-state index in [-0.39, 0.29) is 30.3 Å². The maximum Gasteiger partial charge on any atom is 0.251 e. The van der Waals surface area contributed by atoms with Crippen molar-refractivity contribution in [2.75, 3.05) is 19.7 Å². The zero-order chi connectivity index (χ0) is 21.8. The summed E-state index contributed by atoms with van der Waals surface area (Å²) in [5.74, 6) is 0.628. The van der Waals surface area contributed by atoms with Crippen LogP contribution in [0.3, 0.4) is 0 Å². The molecule has 1 unspecified atom stereocenters. The molecule has 2 fully saturated rings. The van der Waals surface area contributed by atoms with Crippen LogP contribution in [0.4, 0.5) is 0 Å². The van der Waals surface area contributed by atoms with Gasteiger partial charge in [-0.25, -0.2) is 0 Å². The molecule has 7 nitrogen and oxygen atoms in total. The van der Waals surface area contributed by atoms with Crippen LogP contribution in [0.15, 0.2) is 48.5 Å². The maximum absolute atomic E-state index is 12.7. The predicted molar refractivity (Wildman–Crippen MR) is 115 cm³/mol. The van der Waals surface area contributed by atoms with E-state index in [4.69, 9.17) is 4.74 Å². The number of hydrogen-bond acceptors (Lipinski definition) is 4. The summed E-state index contributed by atoms with van der Waals surface area (Å²) in [6.07, 6.45) is 1.63. The van der Waals surface area contributed by atoms with Gasteiger partial charge in [-0.1, -0.05) is 30.3 Å². The maximum atomic E-state index is 12.7. The molecule has 2 aromatic carbocycles. The van der Waals surface area contributed by atoms with Gasteiger partial charge < -0.3 is 19.9 Å². The number of nitrogens with one attached hydrogen (secondary N) is 1. The second kappa shape index (κ2) is 9.20. The Bertz CT molecular complexity index is 973.